The van der Waals surface area contributed by atoms with Crippen molar-refractivity contribution in [3.8, 4) is 0 Å². The second-order valence-corrected chi connectivity index (χ2v) is 5.99. The number of hydrogen-bond acceptors (Lipinski definition) is 4. The van der Waals surface area contributed by atoms with Gasteiger partial charge in [-0.2, -0.15) is 0 Å². The molecule has 6 heteroatoms. The summed E-state index contributed by atoms with van der Waals surface area (Å²) in [6, 6.07) is 15.2. The van der Waals surface area contributed by atoms with Crippen LogP contribution in [0.4, 0.5) is 0 Å². The van der Waals surface area contributed by atoms with Crippen molar-refractivity contribution in [2.75, 3.05) is 20.4 Å². The Morgan fingerprint density at radius 3 is 2.52 bits per heavy atom. The summed E-state index contributed by atoms with van der Waals surface area (Å²) in [5.74, 6) is -0.319. The van der Waals surface area contributed by atoms with Gasteiger partial charge in [-0.25, -0.2) is 0 Å². The van der Waals surface area contributed by atoms with Crippen LogP contribution in [0, 0.1) is 10.1 Å². The zero-order valence-electron chi connectivity index (χ0n) is 12.8. The maximum absolute atomic E-state index is 11.1. The van der Waals surface area contributed by atoms with Crippen LogP contribution in [0.25, 0.3) is 0 Å². The third-order valence-electron chi connectivity index (χ3n) is 3.49. The fourth-order valence-electron chi connectivity index (χ4n) is 2.47. The first-order valence-corrected chi connectivity index (χ1v) is 7.93. The number of nitro groups is 1. The first-order valence-electron chi connectivity index (χ1n) is 7.13. The highest BCUT2D eigenvalue weighted by molar-refractivity contribution is 9.10. The standard InChI is InChI=1S/C17H18BrNO4/c1-22-12-23-11-14-4-2-3-5-16(14)17(10-19(20)21)13-6-8-15(18)9-7-13/h2-9,17H,10-12H2,1H3. The summed E-state index contributed by atoms with van der Waals surface area (Å²) in [6.07, 6.45) is 0. The van der Waals surface area contributed by atoms with Crippen LogP contribution in [0.5, 0.6) is 0 Å². The van der Waals surface area contributed by atoms with Crippen molar-refractivity contribution in [3.63, 3.8) is 0 Å². The molecule has 0 aliphatic carbocycles. The minimum Gasteiger partial charge on any atom is -0.359 e. The molecule has 0 amide bonds. The summed E-state index contributed by atoms with van der Waals surface area (Å²) < 4.78 is 11.3. The Labute approximate surface area is 143 Å². The highest BCUT2D eigenvalue weighted by atomic mass is 79.9. The molecule has 1 atom stereocenters. The maximum atomic E-state index is 11.1. The van der Waals surface area contributed by atoms with Crippen molar-refractivity contribution in [1.29, 1.82) is 0 Å². The van der Waals surface area contributed by atoms with Gasteiger partial charge in [0.25, 0.3) is 0 Å². The Morgan fingerprint density at radius 2 is 1.87 bits per heavy atom. The fraction of sp³-hybridized carbons (Fsp3) is 0.294. The smallest absolute Gasteiger partial charge is 0.214 e. The molecule has 2 aromatic carbocycles. The lowest BCUT2D eigenvalue weighted by atomic mass is 9.88. The molecule has 0 heterocycles. The van der Waals surface area contributed by atoms with Gasteiger partial charge in [0, 0.05) is 16.5 Å². The summed E-state index contributed by atoms with van der Waals surface area (Å²) in [7, 11) is 1.56. The Morgan fingerprint density at radius 1 is 1.17 bits per heavy atom. The number of methoxy groups -OCH3 is 1. The molecule has 1 unspecified atom stereocenters. The van der Waals surface area contributed by atoms with Crippen LogP contribution < -0.4 is 0 Å². The van der Waals surface area contributed by atoms with E-state index in [2.05, 4.69) is 15.9 Å². The van der Waals surface area contributed by atoms with Crippen molar-refractivity contribution < 1.29 is 14.4 Å². The molecule has 0 N–H and O–H groups in total. The van der Waals surface area contributed by atoms with Gasteiger partial charge >= 0.3 is 0 Å². The molecule has 0 aliphatic rings. The van der Waals surface area contributed by atoms with Crippen molar-refractivity contribution in [2.45, 2.75) is 12.5 Å². The molecular formula is C17H18BrNO4. The Hall–Kier alpha value is -1.76. The molecule has 0 radical (unpaired) electrons. The minimum absolute atomic E-state index is 0.164. The van der Waals surface area contributed by atoms with E-state index in [0.29, 0.717) is 6.61 Å². The molecule has 0 aliphatic heterocycles. The van der Waals surface area contributed by atoms with Gasteiger partial charge in [-0.1, -0.05) is 52.3 Å². The lowest BCUT2D eigenvalue weighted by Gasteiger charge is -2.18. The summed E-state index contributed by atoms with van der Waals surface area (Å²) in [5.41, 5.74) is 2.74. The van der Waals surface area contributed by atoms with E-state index in [9.17, 15) is 10.1 Å². The number of nitrogens with zero attached hydrogens (tertiary/aromatic N) is 1. The van der Waals surface area contributed by atoms with Gasteiger partial charge in [0.15, 0.2) is 0 Å². The Bertz CT molecular complexity index is 645. The predicted octanol–water partition coefficient (Wildman–Crippen LogP) is 3.98. The maximum Gasteiger partial charge on any atom is 0.214 e. The first-order chi connectivity index (χ1) is 11.1. The minimum atomic E-state index is -0.319. The van der Waals surface area contributed by atoms with Crippen LogP contribution in [-0.4, -0.2) is 25.4 Å². The summed E-state index contributed by atoms with van der Waals surface area (Å²) >= 11 is 3.39. The molecular weight excluding hydrogens is 362 g/mol. The number of benzene rings is 2. The molecule has 0 saturated heterocycles. The van der Waals surface area contributed by atoms with Crippen LogP contribution in [0.1, 0.15) is 22.6 Å². The third-order valence-corrected chi connectivity index (χ3v) is 4.02. The first kappa shape index (κ1) is 17.6. The lowest BCUT2D eigenvalue weighted by Crippen LogP contribution is -2.16. The number of rotatable bonds is 8. The SMILES string of the molecule is COCOCc1ccccc1C(C[N+](=O)[O-])c1ccc(Br)cc1. The molecule has 0 bridgehead atoms. The van der Waals surface area contributed by atoms with E-state index in [1.54, 1.807) is 7.11 Å². The van der Waals surface area contributed by atoms with Gasteiger partial charge in [0.1, 0.15) is 6.79 Å². The van der Waals surface area contributed by atoms with Crippen LogP contribution in [-0.2, 0) is 16.1 Å². The molecule has 0 aromatic heterocycles. The van der Waals surface area contributed by atoms with E-state index >= 15 is 0 Å². The number of ether oxygens (including phenoxy) is 2. The fourth-order valence-corrected chi connectivity index (χ4v) is 2.73. The Balaban J connectivity index is 2.35. The predicted molar refractivity (Wildman–Crippen MR) is 91.0 cm³/mol. The monoisotopic (exact) mass is 379 g/mol. The van der Waals surface area contributed by atoms with Crippen molar-refractivity contribution >= 4 is 15.9 Å². The third kappa shape index (κ3) is 5.13. The highest BCUT2D eigenvalue weighted by Crippen LogP contribution is 2.29. The van der Waals surface area contributed by atoms with Gasteiger partial charge in [0.05, 0.1) is 12.5 Å². The zero-order valence-corrected chi connectivity index (χ0v) is 14.4. The normalized spacial score (nSPS) is 12.1. The van der Waals surface area contributed by atoms with Gasteiger partial charge in [-0.3, -0.25) is 10.1 Å². The van der Waals surface area contributed by atoms with Crippen LogP contribution in [0.15, 0.2) is 53.0 Å². The highest BCUT2D eigenvalue weighted by Gasteiger charge is 2.22. The second kappa shape index (κ2) is 8.76. The summed E-state index contributed by atoms with van der Waals surface area (Å²) in [5, 5.41) is 11.1. The molecule has 122 valence electrons. The lowest BCUT2D eigenvalue weighted by molar-refractivity contribution is -0.481. The van der Waals surface area contributed by atoms with E-state index < -0.39 is 0 Å². The zero-order chi connectivity index (χ0) is 16.7. The Kier molecular flexibility index (Phi) is 6.70. The van der Waals surface area contributed by atoms with E-state index in [4.69, 9.17) is 9.47 Å². The largest absolute Gasteiger partial charge is 0.359 e. The molecule has 0 spiro atoms. The van der Waals surface area contributed by atoms with E-state index in [-0.39, 0.29) is 24.2 Å². The van der Waals surface area contributed by atoms with Crippen molar-refractivity contribution in [3.05, 3.63) is 79.8 Å². The molecule has 2 aromatic rings. The van der Waals surface area contributed by atoms with Crippen LogP contribution in [0.3, 0.4) is 0 Å². The molecule has 0 saturated carbocycles. The van der Waals surface area contributed by atoms with Gasteiger partial charge < -0.3 is 9.47 Å². The number of hydrogen-bond donors (Lipinski definition) is 0. The van der Waals surface area contributed by atoms with Gasteiger partial charge in [-0.05, 0) is 28.8 Å². The average molecular weight is 380 g/mol. The molecule has 23 heavy (non-hydrogen) atoms. The van der Waals surface area contributed by atoms with Gasteiger partial charge in [0.2, 0.25) is 6.54 Å². The van der Waals surface area contributed by atoms with E-state index in [1.165, 1.54) is 0 Å². The van der Waals surface area contributed by atoms with Crippen LogP contribution >= 0.6 is 15.9 Å². The van der Waals surface area contributed by atoms with Crippen LogP contribution in [0.2, 0.25) is 0 Å². The van der Waals surface area contributed by atoms with Gasteiger partial charge in [-0.15, -0.1) is 0 Å². The summed E-state index contributed by atoms with van der Waals surface area (Å²) in [6.45, 7) is 0.379. The van der Waals surface area contributed by atoms with E-state index in [0.717, 1.165) is 21.2 Å². The van der Waals surface area contributed by atoms with E-state index in [1.807, 2.05) is 48.5 Å². The average Bonchev–Trinajstić information content (AvgIpc) is 2.54. The quantitative estimate of drug-likeness (QED) is 0.301. The number of halogens is 1. The molecule has 0 fully saturated rings. The molecule has 2 rings (SSSR count). The second-order valence-electron chi connectivity index (χ2n) is 5.07. The summed E-state index contributed by atoms with van der Waals surface area (Å²) in [4.78, 5) is 10.9. The molecule has 5 nitrogen and oxygen atoms in total. The topological polar surface area (TPSA) is 61.6 Å². The van der Waals surface area contributed by atoms with Crippen molar-refractivity contribution in [2.24, 2.45) is 0 Å². The van der Waals surface area contributed by atoms with Crippen molar-refractivity contribution in [1.82, 2.24) is 0 Å².